The topological polar surface area (TPSA) is 83.5 Å². The number of likely N-dealkylation sites (tertiary alicyclic amines) is 1. The Hall–Kier alpha value is -2.32. The first-order valence-electron chi connectivity index (χ1n) is 9.87. The number of rotatable bonds is 5. The Balaban J connectivity index is 1.66. The highest BCUT2D eigenvalue weighted by atomic mass is 32.2. The molecule has 1 aromatic heterocycles. The van der Waals surface area contributed by atoms with Gasteiger partial charge in [-0.15, -0.1) is 0 Å². The Morgan fingerprint density at radius 3 is 2.59 bits per heavy atom. The Morgan fingerprint density at radius 1 is 1.17 bits per heavy atom. The molecule has 1 unspecified atom stereocenters. The second-order valence-corrected chi connectivity index (χ2v) is 9.58. The number of sulfonamides is 1. The van der Waals surface area contributed by atoms with E-state index < -0.39 is 10.0 Å². The normalized spacial score (nSPS) is 17.9. The van der Waals surface area contributed by atoms with Crippen LogP contribution in [0, 0.1) is 13.8 Å². The zero-order valence-corrected chi connectivity index (χ0v) is 18.0. The SMILES string of the molecule is Cc1ncc(C(=O)N2CCCC(N(C)S(=O)(=O)Cc3ccccc3)CC2)c(C)n1. The number of nitrogens with zero attached hydrogens (tertiary/aromatic N) is 4. The quantitative estimate of drug-likeness (QED) is 0.748. The van der Waals surface area contributed by atoms with Crippen LogP contribution < -0.4 is 0 Å². The molecule has 3 rings (SSSR count). The lowest BCUT2D eigenvalue weighted by atomic mass is 10.1. The lowest BCUT2D eigenvalue weighted by Crippen LogP contribution is -2.39. The van der Waals surface area contributed by atoms with E-state index in [1.54, 1.807) is 25.1 Å². The first-order valence-corrected chi connectivity index (χ1v) is 11.5. The van der Waals surface area contributed by atoms with Crippen LogP contribution in [-0.2, 0) is 15.8 Å². The lowest BCUT2D eigenvalue weighted by Gasteiger charge is -2.27. The molecule has 0 spiro atoms. The summed E-state index contributed by atoms with van der Waals surface area (Å²) in [5, 5.41) is 0. The van der Waals surface area contributed by atoms with Crippen LogP contribution in [0.5, 0.6) is 0 Å². The van der Waals surface area contributed by atoms with Crippen LogP contribution in [0.1, 0.15) is 46.7 Å². The van der Waals surface area contributed by atoms with Gasteiger partial charge in [0, 0.05) is 32.4 Å². The highest BCUT2D eigenvalue weighted by Crippen LogP contribution is 2.22. The van der Waals surface area contributed by atoms with Gasteiger partial charge < -0.3 is 4.90 Å². The maximum absolute atomic E-state index is 12.9. The molecule has 1 aliphatic rings. The monoisotopic (exact) mass is 416 g/mol. The lowest BCUT2D eigenvalue weighted by molar-refractivity contribution is 0.0758. The van der Waals surface area contributed by atoms with Crippen molar-refractivity contribution in [3.63, 3.8) is 0 Å². The molecule has 8 heteroatoms. The van der Waals surface area contributed by atoms with Crippen molar-refractivity contribution >= 4 is 15.9 Å². The third-order valence-electron chi connectivity index (χ3n) is 5.46. The first-order chi connectivity index (χ1) is 13.8. The number of aromatic nitrogens is 2. The minimum atomic E-state index is -3.42. The minimum absolute atomic E-state index is 0.0105. The van der Waals surface area contributed by atoms with E-state index in [-0.39, 0.29) is 17.7 Å². The van der Waals surface area contributed by atoms with Gasteiger partial charge in [0.2, 0.25) is 10.0 Å². The number of carbonyl (C=O) groups excluding carboxylic acids is 1. The zero-order chi connectivity index (χ0) is 21.0. The molecule has 29 heavy (non-hydrogen) atoms. The number of hydrogen-bond acceptors (Lipinski definition) is 5. The van der Waals surface area contributed by atoms with Gasteiger partial charge in [-0.25, -0.2) is 22.7 Å². The van der Waals surface area contributed by atoms with Gasteiger partial charge in [-0.05, 0) is 38.7 Å². The summed E-state index contributed by atoms with van der Waals surface area (Å²) in [5.41, 5.74) is 1.96. The average molecular weight is 417 g/mol. The van der Waals surface area contributed by atoms with Crippen molar-refractivity contribution in [3.05, 3.63) is 59.2 Å². The molecule has 156 valence electrons. The summed E-state index contributed by atoms with van der Waals surface area (Å²) in [4.78, 5) is 23.1. The highest BCUT2D eigenvalue weighted by molar-refractivity contribution is 7.88. The van der Waals surface area contributed by atoms with Crippen LogP contribution in [-0.4, -0.2) is 59.7 Å². The molecule has 0 saturated carbocycles. The van der Waals surface area contributed by atoms with Crippen LogP contribution in [0.15, 0.2) is 36.5 Å². The van der Waals surface area contributed by atoms with Gasteiger partial charge in [-0.2, -0.15) is 0 Å². The van der Waals surface area contributed by atoms with Crippen LogP contribution in [0.25, 0.3) is 0 Å². The van der Waals surface area contributed by atoms with Crippen molar-refractivity contribution in [3.8, 4) is 0 Å². The first kappa shape index (κ1) is 21.4. The van der Waals surface area contributed by atoms with Crippen molar-refractivity contribution in [1.29, 1.82) is 0 Å². The number of aryl methyl sites for hydroxylation is 2. The molecule has 1 aromatic carbocycles. The molecule has 0 bridgehead atoms. The van der Waals surface area contributed by atoms with E-state index in [9.17, 15) is 13.2 Å². The second-order valence-electron chi connectivity index (χ2n) is 7.55. The van der Waals surface area contributed by atoms with Crippen molar-refractivity contribution in [2.24, 2.45) is 0 Å². The molecule has 7 nitrogen and oxygen atoms in total. The van der Waals surface area contributed by atoms with E-state index in [1.807, 2.05) is 37.3 Å². The summed E-state index contributed by atoms with van der Waals surface area (Å²) in [5.74, 6) is 0.543. The van der Waals surface area contributed by atoms with Crippen LogP contribution >= 0.6 is 0 Å². The largest absolute Gasteiger partial charge is 0.338 e. The Labute approximate surface area is 172 Å². The Bertz CT molecular complexity index is 963. The molecule has 2 aromatic rings. The van der Waals surface area contributed by atoms with E-state index in [2.05, 4.69) is 9.97 Å². The smallest absolute Gasteiger partial charge is 0.257 e. The van der Waals surface area contributed by atoms with Gasteiger partial charge >= 0.3 is 0 Å². The van der Waals surface area contributed by atoms with Crippen molar-refractivity contribution < 1.29 is 13.2 Å². The number of benzene rings is 1. The molecule has 1 atom stereocenters. The van der Waals surface area contributed by atoms with E-state index in [1.165, 1.54) is 4.31 Å². The summed E-state index contributed by atoms with van der Waals surface area (Å²) in [6.07, 6.45) is 3.69. The molecular formula is C21H28N4O3S. The minimum Gasteiger partial charge on any atom is -0.338 e. The number of amides is 1. The Kier molecular flexibility index (Phi) is 6.64. The average Bonchev–Trinajstić information content (AvgIpc) is 2.93. The molecule has 2 heterocycles. The van der Waals surface area contributed by atoms with Gasteiger partial charge in [0.25, 0.3) is 5.91 Å². The highest BCUT2D eigenvalue weighted by Gasteiger charge is 2.30. The van der Waals surface area contributed by atoms with E-state index in [0.29, 0.717) is 36.6 Å². The Morgan fingerprint density at radius 2 is 1.90 bits per heavy atom. The van der Waals surface area contributed by atoms with Crippen LogP contribution in [0.3, 0.4) is 0 Å². The zero-order valence-electron chi connectivity index (χ0n) is 17.2. The van der Waals surface area contributed by atoms with Gasteiger partial charge in [-0.3, -0.25) is 4.79 Å². The molecule has 0 radical (unpaired) electrons. The molecule has 0 N–H and O–H groups in total. The molecule has 0 aliphatic carbocycles. The number of carbonyl (C=O) groups is 1. The second kappa shape index (κ2) is 9.00. The van der Waals surface area contributed by atoms with Crippen LogP contribution in [0.4, 0.5) is 0 Å². The van der Waals surface area contributed by atoms with Gasteiger partial charge in [0.15, 0.2) is 0 Å². The van der Waals surface area contributed by atoms with Crippen molar-refractivity contribution in [2.75, 3.05) is 20.1 Å². The van der Waals surface area contributed by atoms with Crippen molar-refractivity contribution in [1.82, 2.24) is 19.2 Å². The predicted molar refractivity (Wildman–Crippen MR) is 112 cm³/mol. The molecule has 1 aliphatic heterocycles. The van der Waals surface area contributed by atoms with E-state index in [4.69, 9.17) is 0 Å². The summed E-state index contributed by atoms with van der Waals surface area (Å²) < 4.78 is 27.2. The predicted octanol–water partition coefficient (Wildman–Crippen LogP) is 2.55. The fourth-order valence-electron chi connectivity index (χ4n) is 3.72. The summed E-state index contributed by atoms with van der Waals surface area (Å²) in [6, 6.07) is 9.10. The third-order valence-corrected chi connectivity index (χ3v) is 7.33. The maximum atomic E-state index is 12.9. The fraction of sp³-hybridized carbons (Fsp3) is 0.476. The summed E-state index contributed by atoms with van der Waals surface area (Å²) in [7, 11) is -1.77. The third kappa shape index (κ3) is 5.19. The van der Waals surface area contributed by atoms with E-state index >= 15 is 0 Å². The fourth-order valence-corrected chi connectivity index (χ4v) is 5.21. The summed E-state index contributed by atoms with van der Waals surface area (Å²) in [6.45, 7) is 4.73. The van der Waals surface area contributed by atoms with Gasteiger partial charge in [-0.1, -0.05) is 30.3 Å². The molecular weight excluding hydrogens is 388 g/mol. The van der Waals surface area contributed by atoms with Gasteiger partial charge in [0.05, 0.1) is 17.0 Å². The standard InChI is InChI=1S/C21H28N4O3S/c1-16-20(14-22-17(2)23-16)21(26)25-12-7-10-19(11-13-25)24(3)29(27,28)15-18-8-5-4-6-9-18/h4-6,8-9,14,19H,7,10-13,15H2,1-3H3. The molecule has 1 amide bonds. The van der Waals surface area contributed by atoms with E-state index in [0.717, 1.165) is 18.4 Å². The van der Waals surface area contributed by atoms with Crippen molar-refractivity contribution in [2.45, 2.75) is 44.9 Å². The molecule has 1 fully saturated rings. The summed E-state index contributed by atoms with van der Waals surface area (Å²) >= 11 is 0. The van der Waals surface area contributed by atoms with Gasteiger partial charge in [0.1, 0.15) is 5.82 Å². The number of hydrogen-bond donors (Lipinski definition) is 0. The van der Waals surface area contributed by atoms with Crippen LogP contribution in [0.2, 0.25) is 0 Å². The molecule has 1 saturated heterocycles. The maximum Gasteiger partial charge on any atom is 0.257 e.